The molecule has 0 aliphatic heterocycles. The van der Waals surface area contributed by atoms with Gasteiger partial charge in [-0.05, 0) is 18.1 Å². The van der Waals surface area contributed by atoms with Crippen LogP contribution in [0.5, 0.6) is 0 Å². The molecule has 0 bridgehead atoms. The number of nitrogens with zero attached hydrogens (tertiary/aromatic N) is 1. The number of carbonyl (C=O) groups excluding carboxylic acids is 1. The summed E-state index contributed by atoms with van der Waals surface area (Å²) in [6.45, 7) is 1.48. The van der Waals surface area contributed by atoms with Crippen molar-refractivity contribution in [2.75, 3.05) is 6.54 Å². The first-order valence-electron chi connectivity index (χ1n) is 6.76. The van der Waals surface area contributed by atoms with E-state index in [0.717, 1.165) is 17.4 Å². The van der Waals surface area contributed by atoms with Crippen molar-refractivity contribution in [2.45, 2.75) is 18.3 Å². The minimum absolute atomic E-state index is 0.284. The van der Waals surface area contributed by atoms with E-state index in [1.54, 1.807) is 6.92 Å². The zero-order valence-corrected chi connectivity index (χ0v) is 11.8. The molecule has 0 aliphatic carbocycles. The van der Waals surface area contributed by atoms with Crippen LogP contribution in [0.3, 0.4) is 0 Å². The molecule has 4 nitrogen and oxygen atoms in total. The van der Waals surface area contributed by atoms with Crippen LogP contribution in [0, 0.1) is 10.1 Å². The van der Waals surface area contributed by atoms with Crippen LogP contribution in [0.1, 0.15) is 24.0 Å². The van der Waals surface area contributed by atoms with Gasteiger partial charge in [0.1, 0.15) is 6.29 Å². The van der Waals surface area contributed by atoms with E-state index in [2.05, 4.69) is 0 Å². The predicted molar refractivity (Wildman–Crippen MR) is 80.9 cm³/mol. The Morgan fingerprint density at radius 1 is 1.10 bits per heavy atom. The van der Waals surface area contributed by atoms with Crippen LogP contribution in [0.4, 0.5) is 0 Å². The van der Waals surface area contributed by atoms with Crippen molar-refractivity contribution >= 4 is 6.29 Å². The smallest absolute Gasteiger partial charge is 0.211 e. The molecule has 0 saturated carbocycles. The number of aldehydes is 1. The van der Waals surface area contributed by atoms with Gasteiger partial charge >= 0.3 is 0 Å². The average Bonchev–Trinajstić information content (AvgIpc) is 2.53. The summed E-state index contributed by atoms with van der Waals surface area (Å²) in [7, 11) is 0. The summed E-state index contributed by atoms with van der Waals surface area (Å²) in [6, 6.07) is 18.4. The monoisotopic (exact) mass is 283 g/mol. The molecule has 4 heteroatoms. The quantitative estimate of drug-likeness (QED) is 0.464. The maximum absolute atomic E-state index is 11.8. The molecule has 108 valence electrons. The van der Waals surface area contributed by atoms with Crippen LogP contribution < -0.4 is 0 Å². The second kappa shape index (κ2) is 6.31. The highest BCUT2D eigenvalue weighted by molar-refractivity contribution is 5.70. The number of benzene rings is 2. The van der Waals surface area contributed by atoms with Gasteiger partial charge in [-0.1, -0.05) is 60.7 Å². The highest BCUT2D eigenvalue weighted by Crippen LogP contribution is 2.37. The van der Waals surface area contributed by atoms with Gasteiger partial charge in [-0.3, -0.25) is 10.1 Å². The van der Waals surface area contributed by atoms with Gasteiger partial charge in [0.05, 0.1) is 11.3 Å². The number of hydrogen-bond acceptors (Lipinski definition) is 3. The molecule has 2 aromatic carbocycles. The van der Waals surface area contributed by atoms with Crippen LogP contribution in [0.25, 0.3) is 0 Å². The first-order chi connectivity index (χ1) is 10.1. The first kappa shape index (κ1) is 14.9. The van der Waals surface area contributed by atoms with Crippen molar-refractivity contribution in [3.8, 4) is 0 Å². The number of hydrogen-bond donors (Lipinski definition) is 0. The molecule has 2 atom stereocenters. The second-order valence-electron chi connectivity index (χ2n) is 5.25. The summed E-state index contributed by atoms with van der Waals surface area (Å²) in [4.78, 5) is 22.5. The van der Waals surface area contributed by atoms with Crippen molar-refractivity contribution in [1.29, 1.82) is 0 Å². The predicted octanol–water partition coefficient (Wildman–Crippen LogP) is 3.20. The van der Waals surface area contributed by atoms with E-state index < -0.39 is 11.3 Å². The lowest BCUT2D eigenvalue weighted by molar-refractivity contribution is -0.484. The van der Waals surface area contributed by atoms with Crippen molar-refractivity contribution < 1.29 is 9.72 Å². The lowest BCUT2D eigenvalue weighted by atomic mass is 9.70. The van der Waals surface area contributed by atoms with Crippen molar-refractivity contribution in [3.05, 3.63) is 81.9 Å². The lowest BCUT2D eigenvalue weighted by Crippen LogP contribution is -2.36. The minimum Gasteiger partial charge on any atom is -0.302 e. The van der Waals surface area contributed by atoms with Crippen LogP contribution >= 0.6 is 0 Å². The van der Waals surface area contributed by atoms with Gasteiger partial charge in [0, 0.05) is 4.92 Å². The van der Waals surface area contributed by atoms with Gasteiger partial charge in [-0.2, -0.15) is 0 Å². The van der Waals surface area contributed by atoms with E-state index in [4.69, 9.17) is 0 Å². The van der Waals surface area contributed by atoms with Gasteiger partial charge in [-0.25, -0.2) is 0 Å². The standard InChI is InChI=1S/C17H17NO3/c1-17(13-19,15-10-6-3-7-11-15)16(12-18(20)21)14-8-4-2-5-9-14/h2-11,13,16H,12H2,1H3/t16-,17-/m1/s1. The van der Waals surface area contributed by atoms with E-state index in [9.17, 15) is 14.9 Å². The molecule has 0 aliphatic rings. The van der Waals surface area contributed by atoms with Gasteiger partial charge in [0.15, 0.2) is 0 Å². The zero-order valence-electron chi connectivity index (χ0n) is 11.8. The molecule has 2 rings (SSSR count). The molecule has 0 heterocycles. The largest absolute Gasteiger partial charge is 0.302 e. The fourth-order valence-corrected chi connectivity index (χ4v) is 2.62. The maximum atomic E-state index is 11.8. The molecule has 0 unspecified atom stereocenters. The Kier molecular flexibility index (Phi) is 4.48. The molecule has 0 N–H and O–H groups in total. The summed E-state index contributed by atoms with van der Waals surface area (Å²) >= 11 is 0. The van der Waals surface area contributed by atoms with Crippen molar-refractivity contribution in [2.24, 2.45) is 0 Å². The molecule has 0 amide bonds. The van der Waals surface area contributed by atoms with E-state index in [0.29, 0.717) is 0 Å². The fourth-order valence-electron chi connectivity index (χ4n) is 2.62. The average molecular weight is 283 g/mol. The van der Waals surface area contributed by atoms with E-state index in [1.807, 2.05) is 60.7 Å². The van der Waals surface area contributed by atoms with E-state index in [-0.39, 0.29) is 11.5 Å². The number of rotatable bonds is 6. The highest BCUT2D eigenvalue weighted by Gasteiger charge is 2.40. The molecular formula is C17H17NO3. The minimum atomic E-state index is -0.935. The summed E-state index contributed by atoms with van der Waals surface area (Å²) in [5, 5.41) is 11.1. The molecule has 21 heavy (non-hydrogen) atoms. The Morgan fingerprint density at radius 3 is 2.10 bits per heavy atom. The van der Waals surface area contributed by atoms with Crippen LogP contribution in [-0.2, 0) is 10.2 Å². The van der Waals surface area contributed by atoms with Crippen LogP contribution in [0.2, 0.25) is 0 Å². The summed E-state index contributed by atoms with van der Waals surface area (Å²) < 4.78 is 0. The van der Waals surface area contributed by atoms with Crippen LogP contribution in [0.15, 0.2) is 60.7 Å². The number of nitro groups is 1. The van der Waals surface area contributed by atoms with Gasteiger partial charge in [-0.15, -0.1) is 0 Å². The summed E-state index contributed by atoms with van der Waals surface area (Å²) in [5.74, 6) is -0.506. The molecule has 0 spiro atoms. The zero-order chi connectivity index (χ0) is 15.3. The normalized spacial score (nSPS) is 14.9. The van der Waals surface area contributed by atoms with E-state index >= 15 is 0 Å². The second-order valence-corrected chi connectivity index (χ2v) is 5.25. The Balaban J connectivity index is 2.52. The molecule has 0 radical (unpaired) electrons. The lowest BCUT2D eigenvalue weighted by Gasteiger charge is -2.31. The number of carbonyl (C=O) groups is 1. The molecule has 0 aromatic heterocycles. The fraction of sp³-hybridized carbons (Fsp3) is 0.235. The Morgan fingerprint density at radius 2 is 1.62 bits per heavy atom. The third-order valence-electron chi connectivity index (χ3n) is 3.90. The van der Waals surface area contributed by atoms with Gasteiger partial charge in [0.25, 0.3) is 0 Å². The van der Waals surface area contributed by atoms with Crippen molar-refractivity contribution in [1.82, 2.24) is 0 Å². The Bertz CT molecular complexity index is 612. The maximum Gasteiger partial charge on any atom is 0.211 e. The van der Waals surface area contributed by atoms with E-state index in [1.165, 1.54) is 0 Å². The Hall–Kier alpha value is -2.49. The Labute approximate surface area is 123 Å². The van der Waals surface area contributed by atoms with Crippen LogP contribution in [-0.4, -0.2) is 17.8 Å². The van der Waals surface area contributed by atoms with Gasteiger partial charge < -0.3 is 4.79 Å². The first-order valence-corrected chi connectivity index (χ1v) is 6.76. The van der Waals surface area contributed by atoms with Gasteiger partial charge in [0.2, 0.25) is 6.54 Å². The summed E-state index contributed by atoms with van der Waals surface area (Å²) in [5.41, 5.74) is 0.652. The highest BCUT2D eigenvalue weighted by atomic mass is 16.6. The molecule has 2 aromatic rings. The van der Waals surface area contributed by atoms with Crippen molar-refractivity contribution in [3.63, 3.8) is 0 Å². The molecule has 0 fully saturated rings. The third kappa shape index (κ3) is 3.16. The SMILES string of the molecule is C[C@@](C=O)(c1ccccc1)[C@H](C[N+](=O)[O-])c1ccccc1. The molecule has 0 saturated heterocycles. The molecular weight excluding hydrogens is 266 g/mol. The topological polar surface area (TPSA) is 60.2 Å². The summed E-state index contributed by atoms with van der Waals surface area (Å²) in [6.07, 6.45) is 0.823. The third-order valence-corrected chi connectivity index (χ3v) is 3.90.